The Kier molecular flexibility index (Phi) is 12.6. The van der Waals surface area contributed by atoms with Gasteiger partial charge in [-0.25, -0.2) is 4.39 Å². The van der Waals surface area contributed by atoms with Gasteiger partial charge in [-0.3, -0.25) is 4.79 Å². The van der Waals surface area contributed by atoms with E-state index in [4.69, 9.17) is 0 Å². The summed E-state index contributed by atoms with van der Waals surface area (Å²) in [5, 5.41) is 2.17. The van der Waals surface area contributed by atoms with E-state index in [9.17, 15) is 9.18 Å². The van der Waals surface area contributed by atoms with Crippen LogP contribution in [-0.4, -0.2) is 5.78 Å². The molecule has 3 heteroatoms. The van der Waals surface area contributed by atoms with Gasteiger partial charge in [0.05, 0.1) is 0 Å². The van der Waals surface area contributed by atoms with Crippen molar-refractivity contribution in [1.82, 2.24) is 0 Å². The van der Waals surface area contributed by atoms with Gasteiger partial charge >= 0.3 is 0 Å². The second-order valence-electron chi connectivity index (χ2n) is 8.16. The van der Waals surface area contributed by atoms with Crippen LogP contribution in [0.25, 0.3) is 0 Å². The molecule has 0 fully saturated rings. The lowest BCUT2D eigenvalue weighted by molar-refractivity contribution is -0.118. The number of ketones is 1. The van der Waals surface area contributed by atoms with E-state index >= 15 is 0 Å². The second kappa shape index (κ2) is 15.4. The fourth-order valence-electron chi connectivity index (χ4n) is 3.76. The average Bonchev–Trinajstić information content (AvgIpc) is 3.23. The number of hydrogen-bond donors (Lipinski definition) is 0. The molecule has 0 spiro atoms. The van der Waals surface area contributed by atoms with Crippen LogP contribution in [0.4, 0.5) is 4.39 Å². The zero-order valence-electron chi connectivity index (χ0n) is 17.8. The van der Waals surface area contributed by atoms with Crippen molar-refractivity contribution in [3.05, 3.63) is 58.0 Å². The van der Waals surface area contributed by atoms with Crippen LogP contribution in [0.1, 0.15) is 93.9 Å². The van der Waals surface area contributed by atoms with Crippen LogP contribution >= 0.6 is 11.3 Å². The Morgan fingerprint density at radius 3 is 1.83 bits per heavy atom. The number of thiophene rings is 1. The fourth-order valence-corrected chi connectivity index (χ4v) is 4.51. The van der Waals surface area contributed by atoms with Gasteiger partial charge in [-0.05, 0) is 48.4 Å². The Labute approximate surface area is 180 Å². The molecule has 0 N–H and O–H groups in total. The monoisotopic (exact) mass is 416 g/mol. The van der Waals surface area contributed by atoms with Crippen molar-refractivity contribution in [3.63, 3.8) is 0 Å². The molecule has 1 nitrogen and oxygen atoms in total. The van der Waals surface area contributed by atoms with Gasteiger partial charge < -0.3 is 0 Å². The lowest BCUT2D eigenvalue weighted by Crippen LogP contribution is -2.02. The molecule has 0 saturated heterocycles. The average molecular weight is 417 g/mol. The maximum absolute atomic E-state index is 12.9. The highest BCUT2D eigenvalue weighted by Gasteiger charge is 2.04. The van der Waals surface area contributed by atoms with Gasteiger partial charge in [0.1, 0.15) is 11.6 Å². The second-order valence-corrected chi connectivity index (χ2v) is 9.20. The molecule has 2 aromatic rings. The molecule has 0 atom stereocenters. The molecule has 0 aliphatic rings. The molecule has 0 unspecified atom stereocenters. The number of hydrogen-bond acceptors (Lipinski definition) is 2. The molecule has 2 rings (SSSR count). The molecule has 160 valence electrons. The van der Waals surface area contributed by atoms with Gasteiger partial charge in [0.25, 0.3) is 0 Å². The first-order valence-electron chi connectivity index (χ1n) is 11.5. The molecule has 0 saturated carbocycles. The van der Waals surface area contributed by atoms with Crippen LogP contribution in [0.2, 0.25) is 0 Å². The SMILES string of the molecule is O=C(CCCCCCCCCCCCCCc1cccs1)Cc1ccc(F)cc1. The third kappa shape index (κ3) is 12.0. The largest absolute Gasteiger partial charge is 0.299 e. The number of benzene rings is 1. The van der Waals surface area contributed by atoms with Crippen molar-refractivity contribution in [3.8, 4) is 0 Å². The van der Waals surface area contributed by atoms with Crippen LogP contribution < -0.4 is 0 Å². The highest BCUT2D eigenvalue weighted by Crippen LogP contribution is 2.16. The summed E-state index contributed by atoms with van der Waals surface area (Å²) < 4.78 is 12.9. The van der Waals surface area contributed by atoms with E-state index in [0.29, 0.717) is 12.8 Å². The summed E-state index contributed by atoms with van der Waals surface area (Å²) in [6.07, 6.45) is 18.0. The summed E-state index contributed by atoms with van der Waals surface area (Å²) in [7, 11) is 0. The molecule has 0 radical (unpaired) electrons. The Morgan fingerprint density at radius 2 is 1.28 bits per heavy atom. The first-order chi connectivity index (χ1) is 14.2. The summed E-state index contributed by atoms with van der Waals surface area (Å²) in [6.45, 7) is 0. The molecule has 1 heterocycles. The van der Waals surface area contributed by atoms with Crippen molar-refractivity contribution in [2.24, 2.45) is 0 Å². The summed E-state index contributed by atoms with van der Waals surface area (Å²) in [6, 6.07) is 10.7. The van der Waals surface area contributed by atoms with E-state index in [1.807, 2.05) is 11.3 Å². The molecule has 0 amide bonds. The predicted octanol–water partition coefficient (Wildman–Crippen LogP) is 8.31. The normalized spacial score (nSPS) is 11.1. The zero-order valence-corrected chi connectivity index (χ0v) is 18.7. The fraction of sp³-hybridized carbons (Fsp3) is 0.577. The maximum Gasteiger partial charge on any atom is 0.137 e. The van der Waals surface area contributed by atoms with E-state index in [1.54, 1.807) is 12.1 Å². The highest BCUT2D eigenvalue weighted by molar-refractivity contribution is 7.09. The van der Waals surface area contributed by atoms with E-state index in [1.165, 1.54) is 87.6 Å². The summed E-state index contributed by atoms with van der Waals surface area (Å²) >= 11 is 1.88. The molecule has 0 aliphatic heterocycles. The third-order valence-corrected chi connectivity index (χ3v) is 6.46. The Bertz CT molecular complexity index is 648. The quantitative estimate of drug-likeness (QED) is 0.237. The minimum Gasteiger partial charge on any atom is -0.299 e. The minimum atomic E-state index is -0.244. The molecule has 0 bridgehead atoms. The predicted molar refractivity (Wildman–Crippen MR) is 123 cm³/mol. The smallest absolute Gasteiger partial charge is 0.137 e. The Morgan fingerprint density at radius 1 is 0.724 bits per heavy atom. The summed E-state index contributed by atoms with van der Waals surface area (Å²) in [4.78, 5) is 13.5. The number of unbranched alkanes of at least 4 members (excludes halogenated alkanes) is 11. The van der Waals surface area contributed by atoms with Crippen LogP contribution in [0.3, 0.4) is 0 Å². The topological polar surface area (TPSA) is 17.1 Å². The van der Waals surface area contributed by atoms with Gasteiger partial charge in [0, 0.05) is 17.7 Å². The minimum absolute atomic E-state index is 0.244. The Balaban J connectivity index is 1.30. The van der Waals surface area contributed by atoms with Crippen molar-refractivity contribution in [2.45, 2.75) is 96.3 Å². The van der Waals surface area contributed by atoms with Crippen LogP contribution in [-0.2, 0) is 17.6 Å². The van der Waals surface area contributed by atoms with E-state index in [0.717, 1.165) is 18.4 Å². The van der Waals surface area contributed by atoms with Gasteiger partial charge in [-0.15, -0.1) is 11.3 Å². The molecule has 1 aromatic heterocycles. The summed E-state index contributed by atoms with van der Waals surface area (Å²) in [5.74, 6) is 0.0260. The molecular weight excluding hydrogens is 379 g/mol. The number of Topliss-reactive ketones (excluding diaryl/α,β-unsaturated/α-hetero) is 1. The van der Waals surface area contributed by atoms with Gasteiger partial charge in [-0.1, -0.05) is 82.4 Å². The van der Waals surface area contributed by atoms with Crippen LogP contribution in [0.15, 0.2) is 41.8 Å². The maximum atomic E-state index is 12.9. The van der Waals surface area contributed by atoms with Crippen molar-refractivity contribution < 1.29 is 9.18 Å². The lowest BCUT2D eigenvalue weighted by Gasteiger charge is -2.04. The zero-order chi connectivity index (χ0) is 20.6. The molecular formula is C26H37FOS. The van der Waals surface area contributed by atoms with Gasteiger partial charge in [0.15, 0.2) is 0 Å². The van der Waals surface area contributed by atoms with Crippen LogP contribution in [0.5, 0.6) is 0 Å². The number of rotatable bonds is 17. The molecule has 1 aromatic carbocycles. The van der Waals surface area contributed by atoms with Gasteiger partial charge in [-0.2, -0.15) is 0 Å². The summed E-state index contributed by atoms with van der Waals surface area (Å²) in [5.41, 5.74) is 0.916. The number of carbonyl (C=O) groups excluding carboxylic acids is 1. The number of aryl methyl sites for hydroxylation is 1. The first kappa shape index (κ1) is 23.8. The lowest BCUT2D eigenvalue weighted by atomic mass is 10.0. The molecule has 0 aliphatic carbocycles. The Hall–Kier alpha value is -1.48. The number of halogens is 1. The molecule has 29 heavy (non-hydrogen) atoms. The van der Waals surface area contributed by atoms with E-state index < -0.39 is 0 Å². The van der Waals surface area contributed by atoms with Crippen molar-refractivity contribution in [2.75, 3.05) is 0 Å². The highest BCUT2D eigenvalue weighted by atomic mass is 32.1. The third-order valence-electron chi connectivity index (χ3n) is 5.52. The van der Waals surface area contributed by atoms with Gasteiger partial charge in [0.2, 0.25) is 0 Å². The van der Waals surface area contributed by atoms with E-state index in [2.05, 4.69) is 17.5 Å². The van der Waals surface area contributed by atoms with Crippen molar-refractivity contribution in [1.29, 1.82) is 0 Å². The van der Waals surface area contributed by atoms with Crippen LogP contribution in [0, 0.1) is 5.82 Å². The standard InChI is InChI=1S/C26H37FOS/c27-24-19-17-23(18-20-24)22-25(28)14-11-9-7-5-3-1-2-4-6-8-10-12-15-26-16-13-21-29-26/h13,16-21H,1-12,14-15,22H2. The van der Waals surface area contributed by atoms with Crippen molar-refractivity contribution >= 4 is 17.1 Å². The first-order valence-corrected chi connectivity index (χ1v) is 12.4. The number of carbonyl (C=O) groups is 1. The van der Waals surface area contributed by atoms with E-state index in [-0.39, 0.29) is 11.6 Å².